The number of unbranched alkanes of at least 4 members (excludes halogenated alkanes) is 2. The molecule has 0 atom stereocenters. The van der Waals surface area contributed by atoms with Crippen LogP contribution in [0.4, 0.5) is 0 Å². The van der Waals surface area contributed by atoms with E-state index in [0.717, 1.165) is 47.6 Å². The number of aromatic nitrogens is 2. The van der Waals surface area contributed by atoms with Gasteiger partial charge in [-0.05, 0) is 25.0 Å². The fourth-order valence-corrected chi connectivity index (χ4v) is 2.36. The Balaban J connectivity index is 2.18. The minimum absolute atomic E-state index is 0.272. The van der Waals surface area contributed by atoms with Crippen molar-refractivity contribution in [2.75, 3.05) is 6.61 Å². The molecular formula is C13H17ClN2O. The molecule has 0 spiro atoms. The Morgan fingerprint density at radius 3 is 2.82 bits per heavy atom. The molecule has 0 bridgehead atoms. The van der Waals surface area contributed by atoms with Gasteiger partial charge in [-0.15, -0.1) is 0 Å². The Bertz CT molecular complexity index is 507. The Hall–Kier alpha value is -1.06. The molecule has 1 N–H and O–H groups in total. The van der Waals surface area contributed by atoms with E-state index in [2.05, 4.69) is 9.55 Å². The number of aryl methyl sites for hydroxylation is 2. The highest BCUT2D eigenvalue weighted by Gasteiger charge is 2.09. The van der Waals surface area contributed by atoms with Crippen LogP contribution in [0.3, 0.4) is 0 Å². The van der Waals surface area contributed by atoms with Crippen LogP contribution < -0.4 is 0 Å². The molecule has 4 heteroatoms. The molecule has 0 amide bonds. The van der Waals surface area contributed by atoms with Gasteiger partial charge < -0.3 is 9.67 Å². The molecule has 1 heterocycles. The molecule has 0 unspecified atom stereocenters. The third-order valence-corrected chi connectivity index (χ3v) is 3.30. The maximum atomic E-state index is 8.73. The van der Waals surface area contributed by atoms with Gasteiger partial charge in [0.1, 0.15) is 5.82 Å². The lowest BCUT2D eigenvalue weighted by molar-refractivity contribution is 0.283. The smallest absolute Gasteiger partial charge is 0.109 e. The molecular weight excluding hydrogens is 236 g/mol. The number of benzene rings is 1. The van der Waals surface area contributed by atoms with Gasteiger partial charge in [0.15, 0.2) is 0 Å². The molecule has 0 radical (unpaired) electrons. The average molecular weight is 253 g/mol. The van der Waals surface area contributed by atoms with Crippen LogP contribution in [0.25, 0.3) is 11.0 Å². The van der Waals surface area contributed by atoms with Crippen molar-refractivity contribution in [3.8, 4) is 0 Å². The topological polar surface area (TPSA) is 38.0 Å². The number of aliphatic hydroxyl groups excluding tert-OH is 1. The van der Waals surface area contributed by atoms with Crippen LogP contribution in [0.15, 0.2) is 18.2 Å². The lowest BCUT2D eigenvalue weighted by atomic mass is 10.2. The number of aliphatic hydroxyl groups is 1. The normalized spacial score (nSPS) is 11.2. The zero-order chi connectivity index (χ0) is 12.3. The molecule has 0 aliphatic heterocycles. The van der Waals surface area contributed by atoms with Crippen molar-refractivity contribution >= 4 is 22.6 Å². The highest BCUT2D eigenvalue weighted by Crippen LogP contribution is 2.24. The van der Waals surface area contributed by atoms with Crippen molar-refractivity contribution in [3.05, 3.63) is 29.0 Å². The van der Waals surface area contributed by atoms with Gasteiger partial charge in [-0.1, -0.05) is 24.1 Å². The van der Waals surface area contributed by atoms with E-state index in [4.69, 9.17) is 16.7 Å². The molecule has 17 heavy (non-hydrogen) atoms. The zero-order valence-corrected chi connectivity index (χ0v) is 10.7. The number of imidazole rings is 1. The van der Waals surface area contributed by atoms with Crippen molar-refractivity contribution in [1.82, 2.24) is 9.55 Å². The molecule has 92 valence electrons. The first-order valence-corrected chi connectivity index (χ1v) is 6.32. The number of nitrogens with zero attached hydrogens (tertiary/aromatic N) is 2. The molecule has 2 rings (SSSR count). The summed E-state index contributed by atoms with van der Waals surface area (Å²) >= 11 is 6.17. The highest BCUT2D eigenvalue weighted by molar-refractivity contribution is 6.35. The SMILES string of the molecule is Cn1c(CCCCCO)nc2cccc(Cl)c21. The second-order valence-electron chi connectivity index (χ2n) is 4.23. The van der Waals surface area contributed by atoms with Crippen molar-refractivity contribution in [1.29, 1.82) is 0 Å². The molecule has 3 nitrogen and oxygen atoms in total. The Morgan fingerprint density at radius 2 is 2.12 bits per heavy atom. The Morgan fingerprint density at radius 1 is 1.29 bits per heavy atom. The molecule has 0 saturated carbocycles. The summed E-state index contributed by atoms with van der Waals surface area (Å²) in [6, 6.07) is 5.80. The van der Waals surface area contributed by atoms with E-state index < -0.39 is 0 Å². The fraction of sp³-hybridized carbons (Fsp3) is 0.462. The maximum absolute atomic E-state index is 8.73. The summed E-state index contributed by atoms with van der Waals surface area (Å²) in [4.78, 5) is 4.59. The summed E-state index contributed by atoms with van der Waals surface area (Å²) in [5.41, 5.74) is 1.96. The van der Waals surface area contributed by atoms with Crippen molar-refractivity contribution in [2.45, 2.75) is 25.7 Å². The fourth-order valence-electron chi connectivity index (χ4n) is 2.06. The van der Waals surface area contributed by atoms with Crippen LogP contribution in [0.5, 0.6) is 0 Å². The number of fused-ring (bicyclic) bond motifs is 1. The predicted molar refractivity (Wildman–Crippen MR) is 70.4 cm³/mol. The zero-order valence-electron chi connectivity index (χ0n) is 9.99. The van der Waals surface area contributed by atoms with Gasteiger partial charge in [0.05, 0.1) is 16.1 Å². The monoisotopic (exact) mass is 252 g/mol. The summed E-state index contributed by atoms with van der Waals surface area (Å²) in [5, 5.41) is 9.48. The van der Waals surface area contributed by atoms with E-state index in [1.165, 1.54) is 0 Å². The second kappa shape index (κ2) is 5.52. The second-order valence-corrected chi connectivity index (χ2v) is 4.64. The molecule has 0 aliphatic rings. The molecule has 1 aromatic carbocycles. The van der Waals surface area contributed by atoms with Crippen LogP contribution in [-0.4, -0.2) is 21.3 Å². The van der Waals surface area contributed by atoms with Gasteiger partial charge in [-0.25, -0.2) is 4.98 Å². The summed E-state index contributed by atoms with van der Waals surface area (Å²) in [6.07, 6.45) is 3.88. The maximum Gasteiger partial charge on any atom is 0.109 e. The first kappa shape index (κ1) is 12.4. The number of para-hydroxylation sites is 1. The van der Waals surface area contributed by atoms with E-state index in [1.54, 1.807) is 0 Å². The number of halogens is 1. The first-order chi connectivity index (χ1) is 8.24. The highest BCUT2D eigenvalue weighted by atomic mass is 35.5. The third-order valence-electron chi connectivity index (χ3n) is 3.00. The van der Waals surface area contributed by atoms with E-state index in [9.17, 15) is 0 Å². The molecule has 2 aromatic rings. The van der Waals surface area contributed by atoms with E-state index >= 15 is 0 Å². The summed E-state index contributed by atoms with van der Waals surface area (Å²) < 4.78 is 2.07. The first-order valence-electron chi connectivity index (χ1n) is 5.94. The van der Waals surface area contributed by atoms with Crippen LogP contribution in [0, 0.1) is 0 Å². The van der Waals surface area contributed by atoms with E-state index in [-0.39, 0.29) is 6.61 Å². The van der Waals surface area contributed by atoms with Crippen molar-refractivity contribution in [2.24, 2.45) is 7.05 Å². The summed E-state index contributed by atoms with van der Waals surface area (Å²) in [7, 11) is 2.00. The molecule has 0 aliphatic carbocycles. The minimum atomic E-state index is 0.272. The van der Waals surface area contributed by atoms with Crippen molar-refractivity contribution in [3.63, 3.8) is 0 Å². The van der Waals surface area contributed by atoms with Crippen molar-refractivity contribution < 1.29 is 5.11 Å². The average Bonchev–Trinajstić information content (AvgIpc) is 2.63. The van der Waals surface area contributed by atoms with Gasteiger partial charge in [-0.3, -0.25) is 0 Å². The van der Waals surface area contributed by atoms with Crippen LogP contribution >= 0.6 is 11.6 Å². The van der Waals surface area contributed by atoms with Gasteiger partial charge in [-0.2, -0.15) is 0 Å². The van der Waals surface area contributed by atoms with Gasteiger partial charge in [0, 0.05) is 20.1 Å². The summed E-state index contributed by atoms with van der Waals surface area (Å²) in [5.74, 6) is 1.06. The number of hydrogen-bond donors (Lipinski definition) is 1. The summed E-state index contributed by atoms with van der Waals surface area (Å²) in [6.45, 7) is 0.272. The van der Waals surface area contributed by atoms with Gasteiger partial charge >= 0.3 is 0 Å². The number of rotatable bonds is 5. The van der Waals surface area contributed by atoms with E-state index in [0.29, 0.717) is 0 Å². The molecule has 0 fully saturated rings. The molecule has 1 aromatic heterocycles. The number of hydrogen-bond acceptors (Lipinski definition) is 2. The van der Waals surface area contributed by atoms with Crippen LogP contribution in [0.1, 0.15) is 25.1 Å². The van der Waals surface area contributed by atoms with Crippen LogP contribution in [-0.2, 0) is 13.5 Å². The predicted octanol–water partition coefficient (Wildman–Crippen LogP) is 2.93. The standard InChI is InChI=1S/C13H17ClN2O/c1-16-12(8-3-2-4-9-17)15-11-7-5-6-10(14)13(11)16/h5-7,17H,2-4,8-9H2,1H3. The largest absolute Gasteiger partial charge is 0.396 e. The third kappa shape index (κ3) is 2.61. The Labute approximate surface area is 106 Å². The quantitative estimate of drug-likeness (QED) is 0.831. The lowest BCUT2D eigenvalue weighted by Crippen LogP contribution is -1.98. The van der Waals surface area contributed by atoms with Crippen LogP contribution in [0.2, 0.25) is 5.02 Å². The van der Waals surface area contributed by atoms with E-state index in [1.807, 2.05) is 25.2 Å². The lowest BCUT2D eigenvalue weighted by Gasteiger charge is -2.02. The minimum Gasteiger partial charge on any atom is -0.396 e. The van der Waals surface area contributed by atoms with Gasteiger partial charge in [0.25, 0.3) is 0 Å². The van der Waals surface area contributed by atoms with Gasteiger partial charge in [0.2, 0.25) is 0 Å². The molecule has 0 saturated heterocycles. The Kier molecular flexibility index (Phi) is 4.02.